The molecule has 1 heterocycles. The SMILES string of the molecule is CCCOc1ccc(Oc2ncccc2CN=C(NCC)NCCCOC)cc1. The highest BCUT2D eigenvalue weighted by Gasteiger charge is 2.07. The van der Waals surface area contributed by atoms with E-state index in [0.29, 0.717) is 24.8 Å². The summed E-state index contributed by atoms with van der Waals surface area (Å²) in [6.45, 7) is 7.59. The molecule has 0 radical (unpaired) electrons. The van der Waals surface area contributed by atoms with Gasteiger partial charge in [0.2, 0.25) is 5.88 Å². The van der Waals surface area contributed by atoms with Crippen LogP contribution in [0.2, 0.25) is 0 Å². The Bertz CT molecular complexity index is 735. The highest BCUT2D eigenvalue weighted by molar-refractivity contribution is 5.79. The van der Waals surface area contributed by atoms with Crippen molar-refractivity contribution in [1.29, 1.82) is 0 Å². The molecular weight excluding hydrogens is 368 g/mol. The van der Waals surface area contributed by atoms with E-state index in [4.69, 9.17) is 14.2 Å². The molecule has 7 nitrogen and oxygen atoms in total. The molecule has 2 rings (SSSR count). The minimum atomic E-state index is 0.459. The molecule has 0 saturated carbocycles. The summed E-state index contributed by atoms with van der Waals surface area (Å²) in [6, 6.07) is 11.4. The van der Waals surface area contributed by atoms with Gasteiger partial charge < -0.3 is 24.8 Å². The van der Waals surface area contributed by atoms with Gasteiger partial charge in [0.15, 0.2) is 5.96 Å². The van der Waals surface area contributed by atoms with Gasteiger partial charge in [-0.15, -0.1) is 0 Å². The van der Waals surface area contributed by atoms with E-state index in [1.807, 2.05) is 43.3 Å². The number of benzene rings is 1. The fraction of sp³-hybridized carbons (Fsp3) is 0.455. The third-order valence-corrected chi connectivity index (χ3v) is 3.93. The highest BCUT2D eigenvalue weighted by atomic mass is 16.5. The number of ether oxygens (including phenoxy) is 3. The summed E-state index contributed by atoms with van der Waals surface area (Å²) in [5, 5.41) is 6.55. The lowest BCUT2D eigenvalue weighted by Crippen LogP contribution is -2.38. The fourth-order valence-electron chi connectivity index (χ4n) is 2.50. The molecule has 0 atom stereocenters. The molecule has 1 aromatic carbocycles. The summed E-state index contributed by atoms with van der Waals surface area (Å²) >= 11 is 0. The van der Waals surface area contributed by atoms with Crippen molar-refractivity contribution in [2.24, 2.45) is 4.99 Å². The van der Waals surface area contributed by atoms with Crippen LogP contribution in [0.3, 0.4) is 0 Å². The van der Waals surface area contributed by atoms with Crippen molar-refractivity contribution >= 4 is 5.96 Å². The van der Waals surface area contributed by atoms with Crippen LogP contribution in [0.1, 0.15) is 32.3 Å². The normalized spacial score (nSPS) is 11.2. The maximum Gasteiger partial charge on any atom is 0.224 e. The number of hydrogen-bond donors (Lipinski definition) is 2. The van der Waals surface area contributed by atoms with Gasteiger partial charge in [0.05, 0.1) is 13.2 Å². The van der Waals surface area contributed by atoms with E-state index < -0.39 is 0 Å². The van der Waals surface area contributed by atoms with Crippen LogP contribution in [0.25, 0.3) is 0 Å². The highest BCUT2D eigenvalue weighted by Crippen LogP contribution is 2.25. The molecule has 2 aromatic rings. The quantitative estimate of drug-likeness (QED) is 0.321. The third kappa shape index (κ3) is 8.39. The van der Waals surface area contributed by atoms with Crippen molar-refractivity contribution in [2.45, 2.75) is 33.2 Å². The number of aromatic nitrogens is 1. The molecule has 0 aliphatic carbocycles. The van der Waals surface area contributed by atoms with Crippen LogP contribution >= 0.6 is 0 Å². The molecule has 1 aromatic heterocycles. The molecule has 158 valence electrons. The Morgan fingerprint density at radius 1 is 1.03 bits per heavy atom. The lowest BCUT2D eigenvalue weighted by Gasteiger charge is -2.12. The molecule has 0 unspecified atom stereocenters. The third-order valence-electron chi connectivity index (χ3n) is 3.93. The molecule has 0 spiro atoms. The van der Waals surface area contributed by atoms with Crippen molar-refractivity contribution in [3.63, 3.8) is 0 Å². The lowest BCUT2D eigenvalue weighted by atomic mass is 10.2. The summed E-state index contributed by atoms with van der Waals surface area (Å²) in [6.07, 6.45) is 3.61. The number of methoxy groups -OCH3 is 1. The summed E-state index contributed by atoms with van der Waals surface area (Å²) in [4.78, 5) is 9.02. The standard InChI is InChI=1S/C22H32N4O3/c1-4-15-28-19-9-11-20(12-10-19)29-21-18(8-6-13-24-21)17-26-22(23-5-2)25-14-7-16-27-3/h6,8-13H,4-5,7,14-17H2,1-3H3,(H2,23,25,26). The molecule has 0 aliphatic rings. The molecule has 0 fully saturated rings. The Morgan fingerprint density at radius 3 is 2.55 bits per heavy atom. The maximum atomic E-state index is 5.98. The summed E-state index contributed by atoms with van der Waals surface area (Å²) in [5.41, 5.74) is 0.910. The van der Waals surface area contributed by atoms with Gasteiger partial charge in [0.1, 0.15) is 11.5 Å². The predicted molar refractivity (Wildman–Crippen MR) is 116 cm³/mol. The number of guanidine groups is 1. The maximum absolute atomic E-state index is 5.98. The Labute approximate surface area is 173 Å². The smallest absolute Gasteiger partial charge is 0.224 e. The first kappa shape index (κ1) is 22.5. The summed E-state index contributed by atoms with van der Waals surface area (Å²) in [7, 11) is 1.70. The van der Waals surface area contributed by atoms with Gasteiger partial charge >= 0.3 is 0 Å². The van der Waals surface area contributed by atoms with Crippen molar-refractivity contribution in [3.8, 4) is 17.4 Å². The molecule has 7 heteroatoms. The molecule has 2 N–H and O–H groups in total. The molecule has 0 aliphatic heterocycles. The van der Waals surface area contributed by atoms with Crippen LogP contribution in [-0.2, 0) is 11.3 Å². The minimum absolute atomic E-state index is 0.459. The molecule has 0 amide bonds. The Hall–Kier alpha value is -2.80. The Balaban J connectivity index is 2.01. The molecule has 29 heavy (non-hydrogen) atoms. The zero-order valence-corrected chi connectivity index (χ0v) is 17.6. The van der Waals surface area contributed by atoms with Crippen molar-refractivity contribution in [1.82, 2.24) is 15.6 Å². The number of nitrogens with zero attached hydrogens (tertiary/aromatic N) is 2. The molecule has 0 saturated heterocycles. The first-order chi connectivity index (χ1) is 14.3. The number of rotatable bonds is 12. The van der Waals surface area contributed by atoms with Crippen LogP contribution in [0.4, 0.5) is 0 Å². The monoisotopic (exact) mass is 400 g/mol. The average Bonchev–Trinajstić information content (AvgIpc) is 2.75. The van der Waals surface area contributed by atoms with Gasteiger partial charge in [-0.25, -0.2) is 9.98 Å². The van der Waals surface area contributed by atoms with E-state index in [-0.39, 0.29) is 0 Å². The Kier molecular flexibility index (Phi) is 10.4. The second kappa shape index (κ2) is 13.4. The van der Waals surface area contributed by atoms with Gasteiger partial charge in [-0.1, -0.05) is 13.0 Å². The van der Waals surface area contributed by atoms with E-state index in [9.17, 15) is 0 Å². The zero-order valence-electron chi connectivity index (χ0n) is 17.6. The number of nitrogens with one attached hydrogen (secondary N) is 2. The van der Waals surface area contributed by atoms with Gasteiger partial charge in [-0.2, -0.15) is 0 Å². The lowest BCUT2D eigenvalue weighted by molar-refractivity contribution is 0.195. The minimum Gasteiger partial charge on any atom is -0.494 e. The largest absolute Gasteiger partial charge is 0.494 e. The van der Waals surface area contributed by atoms with Crippen LogP contribution in [-0.4, -0.2) is 44.4 Å². The summed E-state index contributed by atoms with van der Waals surface area (Å²) < 4.78 is 16.7. The van der Waals surface area contributed by atoms with Crippen LogP contribution in [0, 0.1) is 0 Å². The summed E-state index contributed by atoms with van der Waals surface area (Å²) in [5.74, 6) is 2.85. The van der Waals surface area contributed by atoms with E-state index >= 15 is 0 Å². The second-order valence-corrected chi connectivity index (χ2v) is 6.36. The van der Waals surface area contributed by atoms with Crippen molar-refractivity contribution in [2.75, 3.05) is 33.4 Å². The van der Waals surface area contributed by atoms with E-state index in [1.165, 1.54) is 0 Å². The first-order valence-corrected chi connectivity index (χ1v) is 10.1. The van der Waals surface area contributed by atoms with Crippen LogP contribution in [0.15, 0.2) is 47.6 Å². The second-order valence-electron chi connectivity index (χ2n) is 6.36. The molecule has 0 bridgehead atoms. The van der Waals surface area contributed by atoms with Gasteiger partial charge in [-0.3, -0.25) is 0 Å². The van der Waals surface area contributed by atoms with Crippen molar-refractivity contribution in [3.05, 3.63) is 48.2 Å². The van der Waals surface area contributed by atoms with Crippen LogP contribution < -0.4 is 20.1 Å². The first-order valence-electron chi connectivity index (χ1n) is 10.1. The van der Waals surface area contributed by atoms with Crippen LogP contribution in [0.5, 0.6) is 17.4 Å². The van der Waals surface area contributed by atoms with E-state index in [2.05, 4.69) is 27.5 Å². The number of hydrogen-bond acceptors (Lipinski definition) is 5. The van der Waals surface area contributed by atoms with Crippen molar-refractivity contribution < 1.29 is 14.2 Å². The topological polar surface area (TPSA) is 77.0 Å². The number of aliphatic imine (C=N–C) groups is 1. The van der Waals surface area contributed by atoms with E-state index in [0.717, 1.165) is 49.8 Å². The van der Waals surface area contributed by atoms with Gasteiger partial charge in [-0.05, 0) is 50.1 Å². The molecular formula is C22H32N4O3. The predicted octanol–water partition coefficient (Wildman–Crippen LogP) is 3.75. The Morgan fingerprint density at radius 2 is 1.83 bits per heavy atom. The zero-order chi connectivity index (χ0) is 20.7. The number of pyridine rings is 1. The van der Waals surface area contributed by atoms with Gasteiger partial charge in [0, 0.05) is 38.6 Å². The fourth-order valence-corrected chi connectivity index (χ4v) is 2.50. The van der Waals surface area contributed by atoms with Gasteiger partial charge in [0.25, 0.3) is 0 Å². The van der Waals surface area contributed by atoms with E-state index in [1.54, 1.807) is 13.3 Å². The average molecular weight is 401 g/mol.